The largest absolute Gasteiger partial charge is 0.311 e. The average Bonchev–Trinajstić information content (AvgIpc) is 3.21. The van der Waals surface area contributed by atoms with Gasteiger partial charge in [0.05, 0.1) is 0 Å². The minimum atomic E-state index is -0.0396. The molecule has 7 rings (SSSR count). The lowest BCUT2D eigenvalue weighted by Gasteiger charge is -2.25. The highest BCUT2D eigenvalue weighted by Gasteiger charge is 2.36. The summed E-state index contributed by atoms with van der Waals surface area (Å²) >= 11 is 0. The summed E-state index contributed by atoms with van der Waals surface area (Å²) in [5, 5.41) is 2.65. The van der Waals surface area contributed by atoms with Gasteiger partial charge in [-0.05, 0) is 86.6 Å². The van der Waals surface area contributed by atoms with Crippen LogP contribution < -0.4 is 4.90 Å². The van der Waals surface area contributed by atoms with Crippen molar-refractivity contribution in [3.05, 3.63) is 151 Å². The van der Waals surface area contributed by atoms with Crippen molar-refractivity contribution in [1.29, 1.82) is 0 Å². The topological polar surface area (TPSA) is 3.24 Å². The summed E-state index contributed by atoms with van der Waals surface area (Å²) in [5.74, 6) is 0. The molecule has 0 fully saturated rings. The Morgan fingerprint density at radius 3 is 1.74 bits per heavy atom. The average molecular weight is 488 g/mol. The van der Waals surface area contributed by atoms with E-state index >= 15 is 0 Å². The number of hydrogen-bond acceptors (Lipinski definition) is 1. The van der Waals surface area contributed by atoms with Crippen molar-refractivity contribution in [2.75, 3.05) is 4.90 Å². The highest BCUT2D eigenvalue weighted by Crippen LogP contribution is 2.52. The standard InChI is InChI=1S/C37H29N/c1-37(2)34-24-20-27-11-9-10-16-32(27)36(34)33-23-19-28(25-35(33)37)26-17-21-31(22-18-26)38(29-12-5-3-6-13-29)30-14-7-4-8-15-30/h3-25H,1-2H3. The molecule has 0 saturated heterocycles. The normalized spacial score (nSPS) is 13.2. The molecule has 1 aliphatic rings. The molecule has 0 amide bonds. The predicted molar refractivity (Wildman–Crippen MR) is 162 cm³/mol. The first kappa shape index (κ1) is 22.6. The van der Waals surface area contributed by atoms with E-state index in [1.54, 1.807) is 0 Å². The van der Waals surface area contributed by atoms with Crippen molar-refractivity contribution in [2.24, 2.45) is 0 Å². The van der Waals surface area contributed by atoms with E-state index in [0.29, 0.717) is 0 Å². The van der Waals surface area contributed by atoms with Crippen LogP contribution in [-0.2, 0) is 5.41 Å². The molecule has 0 atom stereocenters. The second-order valence-corrected chi connectivity index (χ2v) is 10.6. The zero-order chi connectivity index (χ0) is 25.7. The van der Waals surface area contributed by atoms with Gasteiger partial charge in [-0.1, -0.05) is 111 Å². The summed E-state index contributed by atoms with van der Waals surface area (Å²) in [6.45, 7) is 4.72. The van der Waals surface area contributed by atoms with Crippen LogP contribution in [0.4, 0.5) is 17.1 Å². The zero-order valence-corrected chi connectivity index (χ0v) is 21.7. The van der Waals surface area contributed by atoms with Crippen molar-refractivity contribution < 1.29 is 0 Å². The van der Waals surface area contributed by atoms with E-state index in [1.165, 1.54) is 44.2 Å². The monoisotopic (exact) mass is 487 g/mol. The Kier molecular flexibility index (Phi) is 5.19. The van der Waals surface area contributed by atoms with E-state index in [-0.39, 0.29) is 5.41 Å². The summed E-state index contributed by atoms with van der Waals surface area (Å²) in [5.41, 5.74) is 11.5. The molecule has 0 N–H and O–H groups in total. The van der Waals surface area contributed by atoms with Crippen molar-refractivity contribution in [2.45, 2.75) is 19.3 Å². The van der Waals surface area contributed by atoms with E-state index in [4.69, 9.17) is 0 Å². The Morgan fingerprint density at radius 1 is 0.474 bits per heavy atom. The zero-order valence-electron chi connectivity index (χ0n) is 21.7. The number of para-hydroxylation sites is 2. The Bertz CT molecular complexity index is 1720. The smallest absolute Gasteiger partial charge is 0.0462 e. The van der Waals surface area contributed by atoms with Gasteiger partial charge in [0, 0.05) is 22.5 Å². The summed E-state index contributed by atoms with van der Waals surface area (Å²) in [4.78, 5) is 2.30. The fourth-order valence-electron chi connectivity index (χ4n) is 6.09. The van der Waals surface area contributed by atoms with Crippen molar-refractivity contribution in [3.63, 3.8) is 0 Å². The van der Waals surface area contributed by atoms with Gasteiger partial charge in [-0.3, -0.25) is 0 Å². The van der Waals surface area contributed by atoms with Crippen LogP contribution in [0.1, 0.15) is 25.0 Å². The van der Waals surface area contributed by atoms with Crippen LogP contribution in [0.3, 0.4) is 0 Å². The van der Waals surface area contributed by atoms with E-state index in [0.717, 1.165) is 17.1 Å². The molecule has 38 heavy (non-hydrogen) atoms. The Morgan fingerprint density at radius 2 is 1.05 bits per heavy atom. The molecular weight excluding hydrogens is 458 g/mol. The summed E-state index contributed by atoms with van der Waals surface area (Å²) < 4.78 is 0. The van der Waals surface area contributed by atoms with Gasteiger partial charge >= 0.3 is 0 Å². The number of anilines is 3. The third-order valence-electron chi connectivity index (χ3n) is 8.05. The van der Waals surface area contributed by atoms with Crippen LogP contribution in [0.15, 0.2) is 140 Å². The molecule has 1 heteroatoms. The first-order valence-corrected chi connectivity index (χ1v) is 13.3. The van der Waals surface area contributed by atoms with Gasteiger partial charge < -0.3 is 4.90 Å². The minimum absolute atomic E-state index is 0.0396. The van der Waals surface area contributed by atoms with Crippen molar-refractivity contribution >= 4 is 27.8 Å². The highest BCUT2D eigenvalue weighted by atomic mass is 15.1. The maximum absolute atomic E-state index is 2.41. The third-order valence-corrected chi connectivity index (χ3v) is 8.05. The maximum Gasteiger partial charge on any atom is 0.0462 e. The second-order valence-electron chi connectivity index (χ2n) is 10.6. The van der Waals surface area contributed by atoms with Crippen molar-refractivity contribution in [3.8, 4) is 22.3 Å². The van der Waals surface area contributed by atoms with Gasteiger partial charge in [-0.25, -0.2) is 0 Å². The number of fused-ring (bicyclic) bond motifs is 5. The third kappa shape index (κ3) is 3.55. The van der Waals surface area contributed by atoms with Gasteiger partial charge in [-0.15, -0.1) is 0 Å². The Hall–Kier alpha value is -4.62. The molecule has 0 saturated carbocycles. The fraction of sp³-hybridized carbons (Fsp3) is 0.0811. The molecule has 6 aromatic rings. The van der Waals surface area contributed by atoms with E-state index in [2.05, 4.69) is 158 Å². The first-order chi connectivity index (χ1) is 18.6. The lowest BCUT2D eigenvalue weighted by Crippen LogP contribution is -2.15. The van der Waals surface area contributed by atoms with Gasteiger partial charge in [0.25, 0.3) is 0 Å². The van der Waals surface area contributed by atoms with Crippen LogP contribution in [0.2, 0.25) is 0 Å². The van der Waals surface area contributed by atoms with Gasteiger partial charge in [0.15, 0.2) is 0 Å². The summed E-state index contributed by atoms with van der Waals surface area (Å²) in [6, 6.07) is 50.5. The number of nitrogens with zero attached hydrogens (tertiary/aromatic N) is 1. The highest BCUT2D eigenvalue weighted by molar-refractivity contribution is 6.02. The molecule has 0 radical (unpaired) electrons. The first-order valence-electron chi connectivity index (χ1n) is 13.3. The van der Waals surface area contributed by atoms with Crippen LogP contribution in [0.25, 0.3) is 33.0 Å². The number of hydrogen-bond donors (Lipinski definition) is 0. The SMILES string of the molecule is CC1(C)c2cc(-c3ccc(N(c4ccccc4)c4ccccc4)cc3)ccc2-c2c1ccc1ccccc21. The second kappa shape index (κ2) is 8.75. The predicted octanol–water partition coefficient (Wildman–Crippen LogP) is 10.3. The number of benzene rings is 6. The van der Waals surface area contributed by atoms with Crippen LogP contribution in [0.5, 0.6) is 0 Å². The molecule has 182 valence electrons. The van der Waals surface area contributed by atoms with E-state index in [9.17, 15) is 0 Å². The Labute approximate surface area is 224 Å². The Balaban J connectivity index is 1.29. The van der Waals surface area contributed by atoms with Gasteiger partial charge in [-0.2, -0.15) is 0 Å². The molecule has 6 aromatic carbocycles. The maximum atomic E-state index is 2.41. The molecule has 0 spiro atoms. The number of rotatable bonds is 4. The fourth-order valence-corrected chi connectivity index (χ4v) is 6.09. The minimum Gasteiger partial charge on any atom is -0.311 e. The quantitative estimate of drug-likeness (QED) is 0.239. The molecule has 1 aliphatic carbocycles. The van der Waals surface area contributed by atoms with Crippen molar-refractivity contribution in [1.82, 2.24) is 0 Å². The molecule has 0 aliphatic heterocycles. The lowest BCUT2D eigenvalue weighted by atomic mass is 9.81. The van der Waals surface area contributed by atoms with Gasteiger partial charge in [0.2, 0.25) is 0 Å². The van der Waals surface area contributed by atoms with E-state index < -0.39 is 0 Å². The van der Waals surface area contributed by atoms with Gasteiger partial charge in [0.1, 0.15) is 0 Å². The molecule has 1 nitrogen and oxygen atoms in total. The molecular formula is C37H29N. The summed E-state index contributed by atoms with van der Waals surface area (Å²) in [7, 11) is 0. The van der Waals surface area contributed by atoms with Crippen LogP contribution in [0, 0.1) is 0 Å². The lowest BCUT2D eigenvalue weighted by molar-refractivity contribution is 0.661. The molecule has 0 unspecified atom stereocenters. The molecule has 0 aromatic heterocycles. The van der Waals surface area contributed by atoms with E-state index in [1.807, 2.05) is 0 Å². The molecule has 0 heterocycles. The van der Waals surface area contributed by atoms with Crippen LogP contribution >= 0.6 is 0 Å². The molecule has 0 bridgehead atoms. The summed E-state index contributed by atoms with van der Waals surface area (Å²) in [6.07, 6.45) is 0. The van der Waals surface area contributed by atoms with Crippen LogP contribution in [-0.4, -0.2) is 0 Å².